The molecule has 0 radical (unpaired) electrons. The van der Waals surface area contributed by atoms with Crippen molar-refractivity contribution in [2.24, 2.45) is 0 Å². The molecule has 1 aromatic heterocycles. The van der Waals surface area contributed by atoms with Crippen LogP contribution in [0.25, 0.3) is 0 Å². The fourth-order valence-corrected chi connectivity index (χ4v) is 3.49. The molecule has 0 atom stereocenters. The molecule has 2 aromatic rings. The number of anilines is 1. The van der Waals surface area contributed by atoms with Crippen LogP contribution in [0.3, 0.4) is 0 Å². The highest BCUT2D eigenvalue weighted by Crippen LogP contribution is 2.36. The average molecular weight is 407 g/mol. The Balaban J connectivity index is 1.66. The van der Waals surface area contributed by atoms with Crippen molar-refractivity contribution in [2.75, 3.05) is 31.1 Å². The van der Waals surface area contributed by atoms with Crippen molar-refractivity contribution in [1.29, 1.82) is 0 Å². The van der Waals surface area contributed by atoms with E-state index in [1.165, 1.54) is 29.2 Å². The van der Waals surface area contributed by atoms with Crippen LogP contribution in [0.2, 0.25) is 0 Å². The molecule has 0 N–H and O–H groups in total. The third kappa shape index (κ3) is 4.46. The van der Waals surface area contributed by atoms with Crippen LogP contribution >= 0.6 is 11.3 Å². The zero-order chi connectivity index (χ0) is 19.6. The number of thiazole rings is 1. The largest absolute Gasteiger partial charge is 0.434 e. The Hall–Kier alpha value is -2.43. The number of rotatable bonds is 4. The van der Waals surface area contributed by atoms with E-state index in [0.717, 1.165) is 6.20 Å². The minimum Gasteiger partial charge on any atom is -0.434 e. The summed E-state index contributed by atoms with van der Waals surface area (Å²) in [7, 11) is 0. The summed E-state index contributed by atoms with van der Waals surface area (Å²) in [5, 5.41) is 0.232. The molecule has 1 aromatic carbocycles. The van der Waals surface area contributed by atoms with E-state index < -0.39 is 23.6 Å². The Morgan fingerprint density at radius 2 is 1.81 bits per heavy atom. The highest BCUT2D eigenvalue weighted by atomic mass is 32.1. The molecular weight excluding hydrogens is 393 g/mol. The molecule has 0 saturated carbocycles. The molecule has 2 heterocycles. The number of halogens is 5. The van der Waals surface area contributed by atoms with Crippen molar-refractivity contribution in [1.82, 2.24) is 9.88 Å². The Kier molecular flexibility index (Phi) is 5.49. The van der Waals surface area contributed by atoms with Gasteiger partial charge in [-0.25, -0.2) is 4.98 Å². The van der Waals surface area contributed by atoms with Crippen molar-refractivity contribution in [3.63, 3.8) is 0 Å². The minimum absolute atomic E-state index is 0.0138. The van der Waals surface area contributed by atoms with Gasteiger partial charge in [-0.05, 0) is 12.1 Å². The number of aromatic nitrogens is 1. The summed E-state index contributed by atoms with van der Waals surface area (Å²) >= 11 is 0.545. The van der Waals surface area contributed by atoms with Gasteiger partial charge in [0.25, 0.3) is 5.91 Å². The summed E-state index contributed by atoms with van der Waals surface area (Å²) in [5.74, 6) is -0.685. The summed E-state index contributed by atoms with van der Waals surface area (Å²) in [6.45, 7) is -2.03. The number of ether oxygens (including phenoxy) is 1. The predicted molar refractivity (Wildman–Crippen MR) is 88.3 cm³/mol. The molecule has 0 spiro atoms. The number of nitrogens with zero attached hydrogens (tertiary/aromatic N) is 3. The lowest BCUT2D eigenvalue weighted by Gasteiger charge is -2.34. The van der Waals surface area contributed by atoms with Crippen molar-refractivity contribution in [3.05, 3.63) is 40.9 Å². The van der Waals surface area contributed by atoms with E-state index in [-0.39, 0.29) is 42.6 Å². The first kappa shape index (κ1) is 19.3. The van der Waals surface area contributed by atoms with E-state index in [1.54, 1.807) is 4.90 Å². The van der Waals surface area contributed by atoms with Crippen molar-refractivity contribution in [3.8, 4) is 5.75 Å². The second-order valence-electron chi connectivity index (χ2n) is 5.66. The van der Waals surface area contributed by atoms with E-state index in [0.29, 0.717) is 11.3 Å². The molecular formula is C16H14F5N3O2S. The van der Waals surface area contributed by atoms with Crippen LogP contribution in [0.4, 0.5) is 27.1 Å². The van der Waals surface area contributed by atoms with Gasteiger partial charge in [-0.1, -0.05) is 23.5 Å². The van der Waals surface area contributed by atoms with Gasteiger partial charge in [0.05, 0.1) is 11.8 Å². The molecule has 0 bridgehead atoms. The standard InChI is InChI=1S/C16H14F5N3O2S/c17-14(18)26-11-4-2-1-3-10(11)13(25)23-5-7-24(8-6-23)15-22-9-12(27-15)16(19,20)21/h1-4,9,14H,5-8H2. The third-order valence-electron chi connectivity index (χ3n) is 3.94. The normalized spacial score (nSPS) is 15.3. The van der Waals surface area contributed by atoms with Crippen LogP contribution in [-0.4, -0.2) is 48.6 Å². The second-order valence-corrected chi connectivity index (χ2v) is 6.67. The molecule has 1 aliphatic rings. The molecule has 0 unspecified atom stereocenters. The molecule has 1 aliphatic heterocycles. The fourth-order valence-electron chi connectivity index (χ4n) is 2.66. The number of hydrogen-bond donors (Lipinski definition) is 0. The Morgan fingerprint density at radius 1 is 1.15 bits per heavy atom. The zero-order valence-electron chi connectivity index (χ0n) is 13.7. The number of hydrogen-bond acceptors (Lipinski definition) is 5. The maximum Gasteiger partial charge on any atom is 0.427 e. The van der Waals surface area contributed by atoms with E-state index in [9.17, 15) is 26.7 Å². The maximum atomic E-state index is 12.7. The van der Waals surface area contributed by atoms with Crippen LogP contribution in [0.5, 0.6) is 5.75 Å². The van der Waals surface area contributed by atoms with Crippen molar-refractivity contribution < 1.29 is 31.5 Å². The third-order valence-corrected chi connectivity index (χ3v) is 5.05. The SMILES string of the molecule is O=C(c1ccccc1OC(F)F)N1CCN(c2ncc(C(F)(F)F)s2)CC1. The number of amides is 1. The molecule has 27 heavy (non-hydrogen) atoms. The summed E-state index contributed by atoms with van der Waals surface area (Å²) < 4.78 is 67.4. The molecule has 11 heteroatoms. The Labute approximate surface area is 155 Å². The zero-order valence-corrected chi connectivity index (χ0v) is 14.6. The lowest BCUT2D eigenvalue weighted by atomic mass is 10.1. The molecule has 0 aliphatic carbocycles. The quantitative estimate of drug-likeness (QED) is 0.725. The highest BCUT2D eigenvalue weighted by molar-refractivity contribution is 7.15. The summed E-state index contributed by atoms with van der Waals surface area (Å²) in [4.78, 5) is 18.7. The first-order valence-electron chi connectivity index (χ1n) is 7.87. The summed E-state index contributed by atoms with van der Waals surface area (Å²) in [5.41, 5.74) is 0.0138. The highest BCUT2D eigenvalue weighted by Gasteiger charge is 2.34. The topological polar surface area (TPSA) is 45.7 Å². The van der Waals surface area contributed by atoms with Crippen molar-refractivity contribution in [2.45, 2.75) is 12.8 Å². The van der Waals surface area contributed by atoms with Crippen LogP contribution < -0.4 is 9.64 Å². The second kappa shape index (κ2) is 7.67. The van der Waals surface area contributed by atoms with E-state index in [2.05, 4.69) is 9.72 Å². The van der Waals surface area contributed by atoms with Gasteiger partial charge in [0, 0.05) is 26.2 Å². The van der Waals surface area contributed by atoms with Crippen LogP contribution in [0.15, 0.2) is 30.5 Å². The first-order chi connectivity index (χ1) is 12.8. The van der Waals surface area contributed by atoms with Gasteiger partial charge >= 0.3 is 12.8 Å². The molecule has 1 saturated heterocycles. The van der Waals surface area contributed by atoms with E-state index in [4.69, 9.17) is 0 Å². The Morgan fingerprint density at radius 3 is 2.41 bits per heavy atom. The Bertz CT molecular complexity index is 803. The van der Waals surface area contributed by atoms with Crippen molar-refractivity contribution >= 4 is 22.4 Å². The van der Waals surface area contributed by atoms with Gasteiger partial charge in [-0.3, -0.25) is 4.79 Å². The van der Waals surface area contributed by atoms with Gasteiger partial charge in [-0.15, -0.1) is 0 Å². The molecule has 1 fully saturated rings. The number of para-hydroxylation sites is 1. The lowest BCUT2D eigenvalue weighted by molar-refractivity contribution is -0.134. The van der Waals surface area contributed by atoms with E-state index in [1.807, 2.05) is 0 Å². The average Bonchev–Trinajstić information content (AvgIpc) is 3.12. The molecule has 146 valence electrons. The predicted octanol–water partition coefficient (Wildman–Crippen LogP) is 3.73. The molecule has 1 amide bonds. The number of piperazine rings is 1. The summed E-state index contributed by atoms with van der Waals surface area (Å²) in [6.07, 6.45) is -3.66. The summed E-state index contributed by atoms with van der Waals surface area (Å²) in [6, 6.07) is 5.69. The maximum absolute atomic E-state index is 12.7. The molecule has 3 rings (SSSR count). The van der Waals surface area contributed by atoms with Gasteiger partial charge in [0.1, 0.15) is 10.6 Å². The number of benzene rings is 1. The van der Waals surface area contributed by atoms with Gasteiger partial charge in [0.15, 0.2) is 5.13 Å². The number of carbonyl (C=O) groups is 1. The monoisotopic (exact) mass is 407 g/mol. The van der Waals surface area contributed by atoms with Crippen LogP contribution in [0, 0.1) is 0 Å². The molecule has 5 nitrogen and oxygen atoms in total. The van der Waals surface area contributed by atoms with Gasteiger partial charge in [0.2, 0.25) is 0 Å². The lowest BCUT2D eigenvalue weighted by Crippen LogP contribution is -2.48. The fraction of sp³-hybridized carbons (Fsp3) is 0.375. The van der Waals surface area contributed by atoms with Crippen LogP contribution in [-0.2, 0) is 6.18 Å². The van der Waals surface area contributed by atoms with E-state index >= 15 is 0 Å². The van der Waals surface area contributed by atoms with Gasteiger partial charge < -0.3 is 14.5 Å². The number of alkyl halides is 5. The van der Waals surface area contributed by atoms with Crippen LogP contribution in [0.1, 0.15) is 15.2 Å². The van der Waals surface area contributed by atoms with Gasteiger partial charge in [-0.2, -0.15) is 22.0 Å². The smallest absolute Gasteiger partial charge is 0.427 e. The minimum atomic E-state index is -4.44. The number of carbonyl (C=O) groups excluding carboxylic acids is 1. The first-order valence-corrected chi connectivity index (χ1v) is 8.68.